The van der Waals surface area contributed by atoms with Crippen LogP contribution in [-0.2, 0) is 0 Å². The Morgan fingerprint density at radius 1 is 1.10 bits per heavy atom. The van der Waals surface area contributed by atoms with Gasteiger partial charge in [0.1, 0.15) is 18.5 Å². The molecule has 0 bridgehead atoms. The standard InChI is InChI=1S/C16H24ClNO2/c17-15-8-4-5-9-16(15)20-13-14(19)12-18-10-6-2-1-3-7-11-18/h4-5,8-9,14,19H,1-3,6-7,10-13H2. The predicted octanol–water partition coefficient (Wildman–Crippen LogP) is 3.35. The van der Waals surface area contributed by atoms with Crippen molar-refractivity contribution in [3.8, 4) is 5.75 Å². The third kappa shape index (κ3) is 5.31. The summed E-state index contributed by atoms with van der Waals surface area (Å²) in [6.45, 7) is 3.15. The van der Waals surface area contributed by atoms with E-state index >= 15 is 0 Å². The maximum atomic E-state index is 10.1. The van der Waals surface area contributed by atoms with E-state index in [1.165, 1.54) is 32.1 Å². The van der Waals surface area contributed by atoms with Gasteiger partial charge in [0, 0.05) is 6.54 Å². The summed E-state index contributed by atoms with van der Waals surface area (Å²) in [7, 11) is 0. The van der Waals surface area contributed by atoms with Gasteiger partial charge in [0.25, 0.3) is 0 Å². The second kappa shape index (κ2) is 8.50. The van der Waals surface area contributed by atoms with Gasteiger partial charge in [-0.15, -0.1) is 0 Å². The molecular weight excluding hydrogens is 274 g/mol. The van der Waals surface area contributed by atoms with Crippen molar-refractivity contribution in [2.24, 2.45) is 0 Å². The molecule has 3 nitrogen and oxygen atoms in total. The van der Waals surface area contributed by atoms with Crippen molar-refractivity contribution in [3.05, 3.63) is 29.3 Å². The summed E-state index contributed by atoms with van der Waals surface area (Å²) in [5, 5.41) is 10.7. The van der Waals surface area contributed by atoms with E-state index < -0.39 is 6.10 Å². The molecule has 1 N–H and O–H groups in total. The molecule has 0 aliphatic carbocycles. The molecule has 2 rings (SSSR count). The summed E-state index contributed by atoms with van der Waals surface area (Å²) in [5.74, 6) is 0.640. The molecule has 1 atom stereocenters. The number of nitrogens with zero attached hydrogens (tertiary/aromatic N) is 1. The minimum absolute atomic E-state index is 0.292. The lowest BCUT2D eigenvalue weighted by atomic mass is 10.1. The van der Waals surface area contributed by atoms with Crippen LogP contribution in [0.25, 0.3) is 0 Å². The molecule has 1 saturated heterocycles. The normalized spacial score (nSPS) is 19.1. The predicted molar refractivity (Wildman–Crippen MR) is 82.5 cm³/mol. The number of aliphatic hydroxyl groups excluding tert-OH is 1. The van der Waals surface area contributed by atoms with Crippen molar-refractivity contribution in [3.63, 3.8) is 0 Å². The average molecular weight is 298 g/mol. The smallest absolute Gasteiger partial charge is 0.138 e. The first-order valence-electron chi connectivity index (χ1n) is 7.53. The number of ether oxygens (including phenoxy) is 1. The van der Waals surface area contributed by atoms with Gasteiger partial charge in [-0.05, 0) is 38.1 Å². The maximum Gasteiger partial charge on any atom is 0.138 e. The molecule has 0 amide bonds. The van der Waals surface area contributed by atoms with Gasteiger partial charge < -0.3 is 14.7 Å². The Bertz CT molecular complexity index is 392. The lowest BCUT2D eigenvalue weighted by molar-refractivity contribution is 0.0655. The Balaban J connectivity index is 1.74. The van der Waals surface area contributed by atoms with Crippen LogP contribution in [-0.4, -0.2) is 42.4 Å². The van der Waals surface area contributed by atoms with Crippen LogP contribution in [0.15, 0.2) is 24.3 Å². The first-order chi connectivity index (χ1) is 9.75. The van der Waals surface area contributed by atoms with Crippen LogP contribution in [0.5, 0.6) is 5.75 Å². The summed E-state index contributed by atoms with van der Waals surface area (Å²) >= 11 is 6.02. The number of likely N-dealkylation sites (tertiary alicyclic amines) is 1. The average Bonchev–Trinajstić information content (AvgIpc) is 2.41. The topological polar surface area (TPSA) is 32.7 Å². The summed E-state index contributed by atoms with van der Waals surface area (Å²) in [6, 6.07) is 7.37. The molecule has 0 spiro atoms. The minimum atomic E-state index is -0.467. The molecule has 1 unspecified atom stereocenters. The highest BCUT2D eigenvalue weighted by atomic mass is 35.5. The van der Waals surface area contributed by atoms with Gasteiger partial charge >= 0.3 is 0 Å². The second-order valence-corrected chi connectivity index (χ2v) is 5.87. The van der Waals surface area contributed by atoms with E-state index in [1.807, 2.05) is 18.2 Å². The third-order valence-electron chi connectivity index (χ3n) is 3.69. The van der Waals surface area contributed by atoms with E-state index in [0.29, 0.717) is 23.9 Å². The molecule has 1 aliphatic rings. The zero-order valence-electron chi connectivity index (χ0n) is 11.9. The van der Waals surface area contributed by atoms with Crippen molar-refractivity contribution >= 4 is 11.6 Å². The Labute approximate surface area is 126 Å². The number of para-hydroxylation sites is 1. The van der Waals surface area contributed by atoms with Gasteiger partial charge in [-0.25, -0.2) is 0 Å². The minimum Gasteiger partial charge on any atom is -0.489 e. The lowest BCUT2D eigenvalue weighted by Crippen LogP contribution is -2.37. The fourth-order valence-electron chi connectivity index (χ4n) is 2.59. The number of halogens is 1. The Morgan fingerprint density at radius 2 is 1.75 bits per heavy atom. The number of hydrogen-bond donors (Lipinski definition) is 1. The monoisotopic (exact) mass is 297 g/mol. The molecule has 1 aromatic rings. The van der Waals surface area contributed by atoms with Crippen molar-refractivity contribution in [2.45, 2.75) is 38.2 Å². The summed E-state index contributed by atoms with van der Waals surface area (Å²) in [4.78, 5) is 2.35. The van der Waals surface area contributed by atoms with E-state index in [4.69, 9.17) is 16.3 Å². The SMILES string of the molecule is OC(COc1ccccc1Cl)CN1CCCCCCC1. The molecule has 1 heterocycles. The van der Waals surface area contributed by atoms with E-state index in [2.05, 4.69) is 4.90 Å². The highest BCUT2D eigenvalue weighted by molar-refractivity contribution is 6.32. The Morgan fingerprint density at radius 3 is 2.45 bits per heavy atom. The van der Waals surface area contributed by atoms with E-state index in [1.54, 1.807) is 6.07 Å². The molecule has 1 fully saturated rings. The van der Waals surface area contributed by atoms with E-state index in [0.717, 1.165) is 13.1 Å². The molecule has 0 radical (unpaired) electrons. The molecule has 1 aromatic carbocycles. The lowest BCUT2D eigenvalue weighted by Gasteiger charge is -2.26. The summed E-state index contributed by atoms with van der Waals surface area (Å²) in [5.41, 5.74) is 0. The highest BCUT2D eigenvalue weighted by Gasteiger charge is 2.14. The van der Waals surface area contributed by atoms with Crippen LogP contribution < -0.4 is 4.74 Å². The quantitative estimate of drug-likeness (QED) is 0.905. The molecule has 112 valence electrons. The zero-order valence-corrected chi connectivity index (χ0v) is 12.7. The van der Waals surface area contributed by atoms with Crippen molar-refractivity contribution in [2.75, 3.05) is 26.2 Å². The second-order valence-electron chi connectivity index (χ2n) is 5.46. The van der Waals surface area contributed by atoms with Crippen LogP contribution >= 0.6 is 11.6 Å². The number of β-amino-alcohol motifs (C(OH)–C–C–N with tert-alkyl or cyclic N) is 1. The van der Waals surface area contributed by atoms with Crippen LogP contribution in [0.2, 0.25) is 5.02 Å². The van der Waals surface area contributed by atoms with Gasteiger partial charge in [0.05, 0.1) is 5.02 Å². The van der Waals surface area contributed by atoms with E-state index in [9.17, 15) is 5.11 Å². The summed E-state index contributed by atoms with van der Waals surface area (Å²) in [6.07, 6.45) is 5.97. The Hall–Kier alpha value is -0.770. The molecule has 20 heavy (non-hydrogen) atoms. The van der Waals surface area contributed by atoms with Crippen LogP contribution in [0.4, 0.5) is 0 Å². The van der Waals surface area contributed by atoms with Gasteiger partial charge in [-0.1, -0.05) is 43.0 Å². The van der Waals surface area contributed by atoms with Crippen molar-refractivity contribution < 1.29 is 9.84 Å². The molecule has 0 aromatic heterocycles. The first kappa shape index (κ1) is 15.6. The van der Waals surface area contributed by atoms with Crippen LogP contribution in [0.3, 0.4) is 0 Å². The first-order valence-corrected chi connectivity index (χ1v) is 7.91. The third-order valence-corrected chi connectivity index (χ3v) is 4.00. The fraction of sp³-hybridized carbons (Fsp3) is 0.625. The van der Waals surface area contributed by atoms with E-state index in [-0.39, 0.29) is 0 Å². The number of aliphatic hydroxyl groups is 1. The Kier molecular flexibility index (Phi) is 6.64. The van der Waals surface area contributed by atoms with Gasteiger partial charge in [0.15, 0.2) is 0 Å². The van der Waals surface area contributed by atoms with Crippen molar-refractivity contribution in [1.82, 2.24) is 4.90 Å². The van der Waals surface area contributed by atoms with Gasteiger partial charge in [-0.2, -0.15) is 0 Å². The maximum absolute atomic E-state index is 10.1. The van der Waals surface area contributed by atoms with Crippen LogP contribution in [0, 0.1) is 0 Å². The number of benzene rings is 1. The highest BCUT2D eigenvalue weighted by Crippen LogP contribution is 2.23. The molecule has 4 heteroatoms. The molecule has 1 aliphatic heterocycles. The number of rotatable bonds is 5. The molecular formula is C16H24ClNO2. The largest absolute Gasteiger partial charge is 0.489 e. The summed E-state index contributed by atoms with van der Waals surface area (Å²) < 4.78 is 5.59. The van der Waals surface area contributed by atoms with Gasteiger partial charge in [0.2, 0.25) is 0 Å². The molecule has 0 saturated carbocycles. The van der Waals surface area contributed by atoms with Crippen LogP contribution in [0.1, 0.15) is 32.1 Å². The fourth-order valence-corrected chi connectivity index (χ4v) is 2.78. The zero-order chi connectivity index (χ0) is 14.2. The van der Waals surface area contributed by atoms with Gasteiger partial charge in [-0.3, -0.25) is 0 Å². The number of hydrogen-bond acceptors (Lipinski definition) is 3. The van der Waals surface area contributed by atoms with Crippen molar-refractivity contribution in [1.29, 1.82) is 0 Å².